The number of benzene rings is 2. The summed E-state index contributed by atoms with van der Waals surface area (Å²) in [6, 6.07) is 14.2. The smallest absolute Gasteiger partial charge is 0.338 e. The molecule has 0 unspecified atom stereocenters. The Morgan fingerprint density at radius 1 is 0.926 bits per heavy atom. The number of nitrogens with one attached hydrogen (secondary N) is 1. The third kappa shape index (κ3) is 6.98. The highest BCUT2D eigenvalue weighted by Gasteiger charge is 2.06. The molecule has 2 rings (SSSR count). The van der Waals surface area contributed by atoms with Gasteiger partial charge < -0.3 is 14.8 Å². The number of esters is 1. The number of amides is 1. The normalized spacial score (nSPS) is 10.6. The van der Waals surface area contributed by atoms with Crippen LogP contribution in [-0.4, -0.2) is 25.1 Å². The van der Waals surface area contributed by atoms with E-state index in [0.29, 0.717) is 24.5 Å². The van der Waals surface area contributed by atoms with Crippen LogP contribution in [0.15, 0.2) is 54.6 Å². The van der Waals surface area contributed by atoms with E-state index in [-0.39, 0.29) is 11.9 Å². The van der Waals surface area contributed by atoms with Gasteiger partial charge in [0.1, 0.15) is 5.75 Å². The van der Waals surface area contributed by atoms with E-state index in [2.05, 4.69) is 12.2 Å². The van der Waals surface area contributed by atoms with Crippen LogP contribution in [0.3, 0.4) is 0 Å². The lowest BCUT2D eigenvalue weighted by Crippen LogP contribution is -2.09. The van der Waals surface area contributed by atoms with Gasteiger partial charge in [-0.15, -0.1) is 0 Å². The van der Waals surface area contributed by atoms with Crippen LogP contribution in [0.2, 0.25) is 0 Å². The van der Waals surface area contributed by atoms with Crippen molar-refractivity contribution in [2.75, 3.05) is 18.5 Å². The lowest BCUT2D eigenvalue weighted by molar-refractivity contribution is -0.111. The molecule has 0 aliphatic carbocycles. The molecular weight excluding hydrogens is 342 g/mol. The molecule has 5 heteroatoms. The summed E-state index contributed by atoms with van der Waals surface area (Å²) in [5.74, 6) is 0.208. The van der Waals surface area contributed by atoms with Crippen LogP contribution in [0.4, 0.5) is 5.69 Å². The second-order valence-corrected chi connectivity index (χ2v) is 5.95. The minimum absolute atomic E-state index is 0.248. The van der Waals surface area contributed by atoms with Crippen molar-refractivity contribution in [2.24, 2.45) is 0 Å². The number of carbonyl (C=O) groups is 2. The molecule has 1 amide bonds. The largest absolute Gasteiger partial charge is 0.494 e. The maximum atomic E-state index is 12.0. The molecule has 0 atom stereocenters. The Labute approximate surface area is 160 Å². The quantitative estimate of drug-likeness (QED) is 0.516. The highest BCUT2D eigenvalue weighted by molar-refractivity contribution is 6.02. The fourth-order valence-corrected chi connectivity index (χ4v) is 2.22. The Morgan fingerprint density at radius 3 is 2.22 bits per heavy atom. The van der Waals surface area contributed by atoms with Crippen molar-refractivity contribution in [3.8, 4) is 5.75 Å². The number of hydrogen-bond acceptors (Lipinski definition) is 4. The van der Waals surface area contributed by atoms with Gasteiger partial charge in [0.05, 0.1) is 18.8 Å². The Hall–Kier alpha value is -3.08. The summed E-state index contributed by atoms with van der Waals surface area (Å²) in [6.45, 7) is 5.08. The lowest BCUT2D eigenvalue weighted by Gasteiger charge is -2.05. The zero-order valence-corrected chi connectivity index (χ0v) is 15.7. The number of anilines is 1. The molecule has 0 heterocycles. The van der Waals surface area contributed by atoms with Crippen molar-refractivity contribution in [3.63, 3.8) is 0 Å². The van der Waals surface area contributed by atoms with E-state index in [4.69, 9.17) is 9.47 Å². The fraction of sp³-hybridized carbons (Fsp3) is 0.273. The Bertz CT molecular complexity index is 764. The summed E-state index contributed by atoms with van der Waals surface area (Å²) in [5.41, 5.74) is 1.98. The molecule has 0 fully saturated rings. The topological polar surface area (TPSA) is 64.6 Å². The zero-order valence-electron chi connectivity index (χ0n) is 15.7. The van der Waals surface area contributed by atoms with Gasteiger partial charge >= 0.3 is 5.97 Å². The van der Waals surface area contributed by atoms with Gasteiger partial charge in [-0.3, -0.25) is 4.79 Å². The number of ether oxygens (including phenoxy) is 2. The van der Waals surface area contributed by atoms with Crippen molar-refractivity contribution < 1.29 is 19.1 Å². The zero-order chi connectivity index (χ0) is 19.5. The Balaban J connectivity index is 1.87. The third-order valence-electron chi connectivity index (χ3n) is 3.61. The molecule has 0 aromatic heterocycles. The van der Waals surface area contributed by atoms with Gasteiger partial charge in [0.2, 0.25) is 5.91 Å². The van der Waals surface area contributed by atoms with Crippen LogP contribution in [0, 0.1) is 0 Å². The molecule has 5 nitrogen and oxygen atoms in total. The predicted molar refractivity (Wildman–Crippen MR) is 107 cm³/mol. The van der Waals surface area contributed by atoms with Crippen LogP contribution in [0.5, 0.6) is 5.75 Å². The van der Waals surface area contributed by atoms with Crippen LogP contribution < -0.4 is 10.1 Å². The van der Waals surface area contributed by atoms with Gasteiger partial charge in [0, 0.05) is 11.8 Å². The van der Waals surface area contributed by atoms with E-state index >= 15 is 0 Å². The maximum Gasteiger partial charge on any atom is 0.338 e. The van der Waals surface area contributed by atoms with Gasteiger partial charge in [-0.25, -0.2) is 4.79 Å². The van der Waals surface area contributed by atoms with Gasteiger partial charge in [0.25, 0.3) is 0 Å². The summed E-state index contributed by atoms with van der Waals surface area (Å²) in [4.78, 5) is 23.8. The van der Waals surface area contributed by atoms with Crippen molar-refractivity contribution in [1.29, 1.82) is 0 Å². The van der Waals surface area contributed by atoms with E-state index in [0.717, 1.165) is 24.2 Å². The molecule has 0 aliphatic rings. The second kappa shape index (κ2) is 10.8. The van der Waals surface area contributed by atoms with Crippen LogP contribution >= 0.6 is 0 Å². The summed E-state index contributed by atoms with van der Waals surface area (Å²) >= 11 is 0. The molecule has 2 aromatic rings. The minimum Gasteiger partial charge on any atom is -0.494 e. The number of rotatable bonds is 9. The summed E-state index contributed by atoms with van der Waals surface area (Å²) in [6.07, 6.45) is 4.93. The molecule has 27 heavy (non-hydrogen) atoms. The van der Waals surface area contributed by atoms with E-state index in [1.54, 1.807) is 30.3 Å². The minimum atomic E-state index is -0.360. The maximum absolute atomic E-state index is 12.0. The third-order valence-corrected chi connectivity index (χ3v) is 3.61. The van der Waals surface area contributed by atoms with Gasteiger partial charge in [-0.05, 0) is 60.9 Å². The van der Waals surface area contributed by atoms with E-state index in [1.165, 1.54) is 6.08 Å². The van der Waals surface area contributed by atoms with Gasteiger partial charge in [0.15, 0.2) is 0 Å². The van der Waals surface area contributed by atoms with Crippen molar-refractivity contribution in [2.45, 2.75) is 26.7 Å². The molecule has 0 radical (unpaired) electrons. The standard InChI is InChI=1S/C22H25NO4/c1-3-15-26-20-12-5-17(6-13-20)7-14-21(24)23-19-10-8-18(9-11-19)22(25)27-16-4-2/h5-14H,3-4,15-16H2,1-2H3,(H,23,24). The molecule has 2 aromatic carbocycles. The molecule has 0 bridgehead atoms. The van der Waals surface area contributed by atoms with Crippen LogP contribution in [0.25, 0.3) is 6.08 Å². The van der Waals surface area contributed by atoms with E-state index in [1.807, 2.05) is 31.2 Å². The van der Waals surface area contributed by atoms with Crippen LogP contribution in [-0.2, 0) is 9.53 Å². The van der Waals surface area contributed by atoms with Crippen molar-refractivity contribution in [3.05, 3.63) is 65.7 Å². The molecule has 0 aliphatic heterocycles. The predicted octanol–water partition coefficient (Wildman–Crippen LogP) is 4.69. The van der Waals surface area contributed by atoms with Crippen LogP contribution in [0.1, 0.15) is 42.6 Å². The number of carbonyl (C=O) groups excluding carboxylic acids is 2. The molecule has 142 valence electrons. The first-order valence-electron chi connectivity index (χ1n) is 9.11. The van der Waals surface area contributed by atoms with Gasteiger partial charge in [-0.2, -0.15) is 0 Å². The SMILES string of the molecule is CCCOC(=O)c1ccc(NC(=O)C=Cc2ccc(OCCC)cc2)cc1. The fourth-order valence-electron chi connectivity index (χ4n) is 2.22. The van der Waals surface area contributed by atoms with Crippen molar-refractivity contribution in [1.82, 2.24) is 0 Å². The van der Waals surface area contributed by atoms with Gasteiger partial charge in [-0.1, -0.05) is 26.0 Å². The average molecular weight is 367 g/mol. The first kappa shape index (κ1) is 20.2. The summed E-state index contributed by atoms with van der Waals surface area (Å²) in [5, 5.41) is 2.76. The molecule has 0 saturated heterocycles. The second-order valence-electron chi connectivity index (χ2n) is 5.95. The average Bonchev–Trinajstić information content (AvgIpc) is 2.70. The number of hydrogen-bond donors (Lipinski definition) is 1. The molecule has 0 spiro atoms. The lowest BCUT2D eigenvalue weighted by atomic mass is 10.2. The Morgan fingerprint density at radius 2 is 1.59 bits per heavy atom. The highest BCUT2D eigenvalue weighted by Crippen LogP contribution is 2.14. The Kier molecular flexibility index (Phi) is 8.10. The molecule has 1 N–H and O–H groups in total. The summed E-state index contributed by atoms with van der Waals surface area (Å²) < 4.78 is 10.6. The first-order chi connectivity index (χ1) is 13.1. The highest BCUT2D eigenvalue weighted by atomic mass is 16.5. The monoisotopic (exact) mass is 367 g/mol. The summed E-state index contributed by atoms with van der Waals surface area (Å²) in [7, 11) is 0. The molecular formula is C22H25NO4. The molecule has 0 saturated carbocycles. The van der Waals surface area contributed by atoms with E-state index in [9.17, 15) is 9.59 Å². The first-order valence-corrected chi connectivity index (χ1v) is 9.11. The van der Waals surface area contributed by atoms with E-state index < -0.39 is 0 Å². The van der Waals surface area contributed by atoms with Crippen molar-refractivity contribution >= 4 is 23.6 Å².